The molecule has 5 nitrogen and oxygen atoms in total. The van der Waals surface area contributed by atoms with E-state index in [1.807, 2.05) is 4.90 Å². The number of nitrogens with one attached hydrogen (secondary N) is 1. The number of unbranched alkanes of at least 4 members (excludes halogenated alkanes) is 1. The molecule has 0 spiro atoms. The first-order valence-electron chi connectivity index (χ1n) is 6.74. The van der Waals surface area contributed by atoms with Crippen LogP contribution in [0.1, 0.15) is 43.1 Å². The molecule has 1 aromatic rings. The maximum absolute atomic E-state index is 12.3. The van der Waals surface area contributed by atoms with Crippen LogP contribution in [0.3, 0.4) is 0 Å². The maximum Gasteiger partial charge on any atom is 0.276 e. The molecule has 1 fully saturated rings. The molecule has 0 bridgehead atoms. The molecule has 1 amide bonds. The Hall–Kier alpha value is -1.36. The van der Waals surface area contributed by atoms with Crippen molar-refractivity contribution in [2.45, 2.75) is 38.6 Å². The van der Waals surface area contributed by atoms with Gasteiger partial charge in [0.15, 0.2) is 5.69 Å². The van der Waals surface area contributed by atoms with E-state index in [1.54, 1.807) is 6.07 Å². The summed E-state index contributed by atoms with van der Waals surface area (Å²) in [6.07, 6.45) is 5.90. The van der Waals surface area contributed by atoms with E-state index < -0.39 is 0 Å². The zero-order chi connectivity index (χ0) is 12.8. The van der Waals surface area contributed by atoms with Crippen LogP contribution >= 0.6 is 0 Å². The minimum Gasteiger partial charge on any atom is -0.364 e. The van der Waals surface area contributed by atoms with Crippen LogP contribution in [0.4, 0.5) is 0 Å². The molecule has 2 rings (SSSR count). The van der Waals surface area contributed by atoms with Gasteiger partial charge in [-0.3, -0.25) is 4.79 Å². The lowest BCUT2D eigenvalue weighted by molar-refractivity contribution is 0.0729. The summed E-state index contributed by atoms with van der Waals surface area (Å²) in [7, 11) is 0. The fourth-order valence-corrected chi connectivity index (χ4v) is 2.29. The van der Waals surface area contributed by atoms with Crippen LogP contribution in [0, 0.1) is 0 Å². The molecule has 1 aromatic heterocycles. The summed E-state index contributed by atoms with van der Waals surface area (Å²) in [5.41, 5.74) is 0.407. The van der Waals surface area contributed by atoms with Gasteiger partial charge in [-0.1, -0.05) is 18.5 Å². The molecule has 0 saturated carbocycles. The van der Waals surface area contributed by atoms with E-state index in [4.69, 9.17) is 4.52 Å². The number of hydrogen-bond acceptors (Lipinski definition) is 4. The molecule has 0 aliphatic carbocycles. The smallest absolute Gasteiger partial charge is 0.276 e. The first kappa shape index (κ1) is 13.1. The lowest BCUT2D eigenvalue weighted by atomic mass is 10.2. The van der Waals surface area contributed by atoms with Crippen LogP contribution in [0.15, 0.2) is 16.9 Å². The van der Waals surface area contributed by atoms with E-state index in [0.29, 0.717) is 11.7 Å². The van der Waals surface area contributed by atoms with Crippen LogP contribution in [0.2, 0.25) is 0 Å². The molecule has 100 valence electrons. The van der Waals surface area contributed by atoms with Gasteiger partial charge in [-0.15, -0.1) is 0 Å². The highest BCUT2D eigenvalue weighted by Gasteiger charge is 2.23. The number of carbonyl (C=O) groups is 1. The van der Waals surface area contributed by atoms with Gasteiger partial charge in [-0.05, 0) is 25.8 Å². The summed E-state index contributed by atoms with van der Waals surface area (Å²) in [4.78, 5) is 14.2. The second-order valence-corrected chi connectivity index (χ2v) is 4.78. The van der Waals surface area contributed by atoms with Crippen molar-refractivity contribution in [3.8, 4) is 0 Å². The summed E-state index contributed by atoms with van der Waals surface area (Å²) in [6.45, 7) is 4.75. The Morgan fingerprint density at radius 3 is 3.17 bits per heavy atom. The quantitative estimate of drug-likeness (QED) is 0.835. The third kappa shape index (κ3) is 3.32. The van der Waals surface area contributed by atoms with Gasteiger partial charge >= 0.3 is 0 Å². The molecule has 5 heteroatoms. The zero-order valence-electron chi connectivity index (χ0n) is 10.9. The summed E-state index contributed by atoms with van der Waals surface area (Å²) < 4.78 is 4.75. The molecule has 0 aromatic carbocycles. The van der Waals surface area contributed by atoms with Crippen molar-refractivity contribution in [3.05, 3.63) is 18.0 Å². The van der Waals surface area contributed by atoms with E-state index in [9.17, 15) is 4.79 Å². The number of aromatic nitrogens is 1. The maximum atomic E-state index is 12.3. The number of nitrogens with zero attached hydrogens (tertiary/aromatic N) is 2. The van der Waals surface area contributed by atoms with Gasteiger partial charge in [0.05, 0.1) is 0 Å². The SMILES string of the molecule is CCCCN(CC1CCCN1)C(=O)c1ccon1. The van der Waals surface area contributed by atoms with Crippen molar-refractivity contribution in [2.75, 3.05) is 19.6 Å². The lowest BCUT2D eigenvalue weighted by Gasteiger charge is -2.25. The first-order chi connectivity index (χ1) is 8.81. The summed E-state index contributed by atoms with van der Waals surface area (Å²) >= 11 is 0. The Morgan fingerprint density at radius 2 is 2.56 bits per heavy atom. The average Bonchev–Trinajstić information content (AvgIpc) is 3.06. The van der Waals surface area contributed by atoms with Crippen molar-refractivity contribution in [1.29, 1.82) is 0 Å². The van der Waals surface area contributed by atoms with E-state index in [2.05, 4.69) is 17.4 Å². The van der Waals surface area contributed by atoms with E-state index in [0.717, 1.165) is 38.9 Å². The Labute approximate surface area is 108 Å². The zero-order valence-corrected chi connectivity index (χ0v) is 10.9. The van der Waals surface area contributed by atoms with Gasteiger partial charge < -0.3 is 14.7 Å². The summed E-state index contributed by atoms with van der Waals surface area (Å²) in [5, 5.41) is 7.16. The van der Waals surface area contributed by atoms with Crippen molar-refractivity contribution >= 4 is 5.91 Å². The molecule has 1 N–H and O–H groups in total. The van der Waals surface area contributed by atoms with Gasteiger partial charge in [0.2, 0.25) is 0 Å². The molecule has 0 radical (unpaired) electrons. The molecule has 1 atom stereocenters. The lowest BCUT2D eigenvalue weighted by Crippen LogP contribution is -2.41. The van der Waals surface area contributed by atoms with Crippen molar-refractivity contribution in [3.63, 3.8) is 0 Å². The van der Waals surface area contributed by atoms with Crippen LogP contribution in [-0.4, -0.2) is 41.6 Å². The molecule has 1 aliphatic heterocycles. The van der Waals surface area contributed by atoms with Gasteiger partial charge in [-0.25, -0.2) is 0 Å². The van der Waals surface area contributed by atoms with Crippen molar-refractivity contribution < 1.29 is 9.32 Å². The molecule has 1 aliphatic rings. The van der Waals surface area contributed by atoms with Crippen molar-refractivity contribution in [1.82, 2.24) is 15.4 Å². The second-order valence-electron chi connectivity index (χ2n) is 4.78. The van der Waals surface area contributed by atoms with E-state index >= 15 is 0 Å². The average molecular weight is 251 g/mol. The third-order valence-electron chi connectivity index (χ3n) is 3.33. The fourth-order valence-electron chi connectivity index (χ4n) is 2.29. The summed E-state index contributed by atoms with van der Waals surface area (Å²) in [6, 6.07) is 2.06. The van der Waals surface area contributed by atoms with Gasteiger partial charge in [0.25, 0.3) is 5.91 Å². The second kappa shape index (κ2) is 6.54. The molecular formula is C13H21N3O2. The van der Waals surface area contributed by atoms with E-state index in [-0.39, 0.29) is 5.91 Å². The number of hydrogen-bond donors (Lipinski definition) is 1. The third-order valence-corrected chi connectivity index (χ3v) is 3.33. The highest BCUT2D eigenvalue weighted by Crippen LogP contribution is 2.10. The summed E-state index contributed by atoms with van der Waals surface area (Å²) in [5.74, 6) is -0.0223. The van der Waals surface area contributed by atoms with Gasteiger partial charge in [0.1, 0.15) is 6.26 Å². The monoisotopic (exact) mass is 251 g/mol. The largest absolute Gasteiger partial charge is 0.364 e. The number of rotatable bonds is 6. The Kier molecular flexibility index (Phi) is 4.75. The highest BCUT2D eigenvalue weighted by molar-refractivity contribution is 5.92. The van der Waals surface area contributed by atoms with Gasteiger partial charge in [-0.2, -0.15) is 0 Å². The Bertz CT molecular complexity index is 358. The first-order valence-corrected chi connectivity index (χ1v) is 6.74. The molecule has 1 unspecified atom stereocenters. The minimum atomic E-state index is -0.0223. The highest BCUT2D eigenvalue weighted by atomic mass is 16.5. The molecule has 18 heavy (non-hydrogen) atoms. The van der Waals surface area contributed by atoms with Crippen molar-refractivity contribution in [2.24, 2.45) is 0 Å². The number of amides is 1. The molecule has 2 heterocycles. The van der Waals surface area contributed by atoms with Crippen LogP contribution in [0.5, 0.6) is 0 Å². The minimum absolute atomic E-state index is 0.0223. The molecular weight excluding hydrogens is 230 g/mol. The predicted octanol–water partition coefficient (Wildman–Crippen LogP) is 1.67. The van der Waals surface area contributed by atoms with E-state index in [1.165, 1.54) is 12.7 Å². The van der Waals surface area contributed by atoms with Crippen LogP contribution in [-0.2, 0) is 0 Å². The fraction of sp³-hybridized carbons (Fsp3) is 0.692. The topological polar surface area (TPSA) is 58.4 Å². The van der Waals surface area contributed by atoms with Gasteiger partial charge in [0, 0.05) is 25.2 Å². The van der Waals surface area contributed by atoms with Crippen LogP contribution in [0.25, 0.3) is 0 Å². The normalized spacial score (nSPS) is 19.1. The van der Waals surface area contributed by atoms with Crippen LogP contribution < -0.4 is 5.32 Å². The Balaban J connectivity index is 1.96. The number of carbonyl (C=O) groups excluding carboxylic acids is 1. The Morgan fingerprint density at radius 1 is 1.67 bits per heavy atom. The standard InChI is InChI=1S/C13H21N3O2/c1-2-3-8-16(10-11-5-4-7-14-11)13(17)12-6-9-18-15-12/h6,9,11,14H,2-5,7-8,10H2,1H3. The molecule has 1 saturated heterocycles. The predicted molar refractivity (Wildman–Crippen MR) is 68.3 cm³/mol.